The maximum absolute atomic E-state index is 10.7. The number of hydrogen-bond donors (Lipinski definition) is 1. The van der Waals surface area contributed by atoms with Crippen molar-refractivity contribution in [3.8, 4) is 0 Å². The van der Waals surface area contributed by atoms with Crippen molar-refractivity contribution in [1.29, 1.82) is 0 Å². The number of aliphatic carboxylic acids is 1. The maximum atomic E-state index is 10.7. The normalized spacial score (nSPS) is 20.4. The molecular weight excluding hydrogens is 224 g/mol. The van der Waals surface area contributed by atoms with Gasteiger partial charge in [0.2, 0.25) is 0 Å². The van der Waals surface area contributed by atoms with Gasteiger partial charge in [-0.25, -0.2) is 0 Å². The molecule has 0 heterocycles. The Morgan fingerprint density at radius 2 is 2.06 bits per heavy atom. The minimum absolute atomic E-state index is 0.0692. The van der Waals surface area contributed by atoms with Crippen LogP contribution in [0.5, 0.6) is 0 Å². The van der Waals surface area contributed by atoms with Crippen LogP contribution in [-0.2, 0) is 19.0 Å². The number of carboxylic acids is 1. The van der Waals surface area contributed by atoms with Gasteiger partial charge in [0.1, 0.15) is 5.76 Å². The Kier molecular flexibility index (Phi) is 4.87. The number of rotatable bonds is 5. The average Bonchev–Trinajstić information content (AvgIpc) is 2.46. The Morgan fingerprint density at radius 3 is 2.53 bits per heavy atom. The van der Waals surface area contributed by atoms with Gasteiger partial charge in [-0.1, -0.05) is 0 Å². The molecule has 1 unspecified atom stereocenters. The molecule has 0 amide bonds. The minimum Gasteiger partial charge on any atom is -0.497 e. The van der Waals surface area contributed by atoms with E-state index in [1.165, 1.54) is 7.11 Å². The van der Waals surface area contributed by atoms with E-state index in [1.54, 1.807) is 20.3 Å². The molecule has 0 saturated heterocycles. The molecule has 5 nitrogen and oxygen atoms in total. The summed E-state index contributed by atoms with van der Waals surface area (Å²) in [5.74, 6) is 0.881. The molecule has 0 radical (unpaired) electrons. The van der Waals surface area contributed by atoms with Gasteiger partial charge in [0, 0.05) is 6.42 Å². The molecule has 0 saturated carbocycles. The van der Waals surface area contributed by atoms with E-state index < -0.39 is 5.97 Å². The van der Waals surface area contributed by atoms with E-state index in [0.717, 1.165) is 0 Å². The lowest BCUT2D eigenvalue weighted by Gasteiger charge is -2.12. The smallest absolute Gasteiger partial charge is 0.303 e. The molecule has 1 atom stereocenters. The third-order valence-electron chi connectivity index (χ3n) is 2.71. The van der Waals surface area contributed by atoms with Crippen LogP contribution in [0, 0.1) is 5.92 Å². The summed E-state index contributed by atoms with van der Waals surface area (Å²) in [4.78, 5) is 10.7. The van der Waals surface area contributed by atoms with E-state index in [2.05, 4.69) is 0 Å². The van der Waals surface area contributed by atoms with Crippen LogP contribution in [0.4, 0.5) is 0 Å². The van der Waals surface area contributed by atoms with Crippen LogP contribution in [0.3, 0.4) is 0 Å². The number of carboxylic acid groups (broad SMARTS) is 1. The second-order valence-corrected chi connectivity index (χ2v) is 3.79. The van der Waals surface area contributed by atoms with Gasteiger partial charge < -0.3 is 19.3 Å². The molecule has 0 aromatic carbocycles. The van der Waals surface area contributed by atoms with Crippen LogP contribution in [0.2, 0.25) is 0 Å². The summed E-state index contributed by atoms with van der Waals surface area (Å²) in [6.45, 7) is 0. The van der Waals surface area contributed by atoms with Crippen LogP contribution in [0.1, 0.15) is 19.3 Å². The Balaban J connectivity index is 2.96. The Labute approximate surface area is 101 Å². The molecule has 0 aromatic rings. The molecule has 1 aliphatic carbocycles. The second-order valence-electron chi connectivity index (χ2n) is 3.79. The predicted molar refractivity (Wildman–Crippen MR) is 61.1 cm³/mol. The Bertz CT molecular complexity index is 343. The SMILES string of the molecule is COC1=CC(CC(=O)O)CCC(OC)=C1OC. The van der Waals surface area contributed by atoms with Gasteiger partial charge in [-0.3, -0.25) is 4.79 Å². The number of ether oxygens (including phenoxy) is 3. The minimum atomic E-state index is -0.818. The lowest BCUT2D eigenvalue weighted by atomic mass is 10.00. The van der Waals surface area contributed by atoms with Crippen molar-refractivity contribution in [1.82, 2.24) is 0 Å². The van der Waals surface area contributed by atoms with Gasteiger partial charge in [0.05, 0.1) is 27.8 Å². The molecule has 96 valence electrons. The number of hydrogen-bond acceptors (Lipinski definition) is 4. The first-order valence-corrected chi connectivity index (χ1v) is 5.41. The highest BCUT2D eigenvalue weighted by Crippen LogP contribution is 2.30. The fourth-order valence-corrected chi connectivity index (χ4v) is 1.90. The van der Waals surface area contributed by atoms with Gasteiger partial charge in [-0.05, 0) is 18.4 Å². The molecule has 5 heteroatoms. The molecule has 0 spiro atoms. The molecule has 0 aliphatic heterocycles. The van der Waals surface area contributed by atoms with Gasteiger partial charge in [0.15, 0.2) is 11.5 Å². The highest BCUT2D eigenvalue weighted by Gasteiger charge is 2.23. The largest absolute Gasteiger partial charge is 0.497 e. The standard InChI is InChI=1S/C12H18O5/c1-15-9-5-4-8(7-11(13)14)6-10(16-2)12(9)17-3/h6,8H,4-5,7H2,1-3H3,(H,13,14). The van der Waals surface area contributed by atoms with Crippen molar-refractivity contribution in [2.24, 2.45) is 5.92 Å². The maximum Gasteiger partial charge on any atom is 0.303 e. The number of carbonyl (C=O) groups is 1. The number of allylic oxidation sites excluding steroid dienone is 2. The molecule has 1 N–H and O–H groups in total. The summed E-state index contributed by atoms with van der Waals surface area (Å²) < 4.78 is 15.7. The van der Waals surface area contributed by atoms with E-state index in [1.807, 2.05) is 0 Å². The fourth-order valence-electron chi connectivity index (χ4n) is 1.90. The molecular formula is C12H18O5. The second kappa shape index (κ2) is 6.18. The summed E-state index contributed by atoms with van der Waals surface area (Å²) in [5.41, 5.74) is 0. The van der Waals surface area contributed by atoms with Crippen molar-refractivity contribution < 1.29 is 24.1 Å². The third kappa shape index (κ3) is 3.41. The first-order valence-electron chi connectivity index (χ1n) is 5.41. The summed E-state index contributed by atoms with van der Waals surface area (Å²) in [6, 6.07) is 0. The Morgan fingerprint density at radius 1 is 1.35 bits per heavy atom. The molecule has 1 rings (SSSR count). The summed E-state index contributed by atoms with van der Waals surface area (Å²) in [5, 5.41) is 8.82. The molecule has 1 aliphatic rings. The van der Waals surface area contributed by atoms with Crippen molar-refractivity contribution >= 4 is 5.97 Å². The first kappa shape index (κ1) is 13.4. The van der Waals surface area contributed by atoms with E-state index >= 15 is 0 Å². The lowest BCUT2D eigenvalue weighted by molar-refractivity contribution is -0.137. The molecule has 0 aromatic heterocycles. The highest BCUT2D eigenvalue weighted by atomic mass is 16.5. The van der Waals surface area contributed by atoms with E-state index in [0.29, 0.717) is 30.1 Å². The first-order chi connectivity index (χ1) is 8.12. The van der Waals surface area contributed by atoms with Gasteiger partial charge in [-0.15, -0.1) is 0 Å². The van der Waals surface area contributed by atoms with Crippen molar-refractivity contribution in [3.05, 3.63) is 23.4 Å². The molecule has 17 heavy (non-hydrogen) atoms. The lowest BCUT2D eigenvalue weighted by Crippen LogP contribution is -2.06. The van der Waals surface area contributed by atoms with E-state index in [4.69, 9.17) is 19.3 Å². The quantitative estimate of drug-likeness (QED) is 0.797. The van der Waals surface area contributed by atoms with Gasteiger partial charge in [-0.2, -0.15) is 0 Å². The molecule has 0 bridgehead atoms. The number of methoxy groups -OCH3 is 3. The van der Waals surface area contributed by atoms with Gasteiger partial charge >= 0.3 is 5.97 Å². The topological polar surface area (TPSA) is 65.0 Å². The van der Waals surface area contributed by atoms with E-state index in [-0.39, 0.29) is 12.3 Å². The van der Waals surface area contributed by atoms with Gasteiger partial charge in [0.25, 0.3) is 0 Å². The zero-order valence-electron chi connectivity index (χ0n) is 10.4. The van der Waals surface area contributed by atoms with Crippen LogP contribution < -0.4 is 0 Å². The summed E-state index contributed by atoms with van der Waals surface area (Å²) in [7, 11) is 4.64. The van der Waals surface area contributed by atoms with E-state index in [9.17, 15) is 4.79 Å². The van der Waals surface area contributed by atoms with Crippen LogP contribution in [-0.4, -0.2) is 32.4 Å². The van der Waals surface area contributed by atoms with Crippen molar-refractivity contribution in [3.63, 3.8) is 0 Å². The molecule has 0 fully saturated rings. The highest BCUT2D eigenvalue weighted by molar-refractivity contribution is 5.67. The predicted octanol–water partition coefficient (Wildman–Crippen LogP) is 1.91. The summed E-state index contributed by atoms with van der Waals surface area (Å²) >= 11 is 0. The zero-order valence-corrected chi connectivity index (χ0v) is 10.4. The fraction of sp³-hybridized carbons (Fsp3) is 0.583. The van der Waals surface area contributed by atoms with Crippen molar-refractivity contribution in [2.75, 3.05) is 21.3 Å². The monoisotopic (exact) mass is 242 g/mol. The van der Waals surface area contributed by atoms with Crippen molar-refractivity contribution in [2.45, 2.75) is 19.3 Å². The van der Waals surface area contributed by atoms with Crippen LogP contribution in [0.15, 0.2) is 23.4 Å². The van der Waals surface area contributed by atoms with Crippen LogP contribution >= 0.6 is 0 Å². The van der Waals surface area contributed by atoms with Crippen LogP contribution in [0.25, 0.3) is 0 Å². The average molecular weight is 242 g/mol. The summed E-state index contributed by atoms with van der Waals surface area (Å²) in [6.07, 6.45) is 3.22. The third-order valence-corrected chi connectivity index (χ3v) is 2.71. The Hall–Kier alpha value is -1.65. The zero-order chi connectivity index (χ0) is 12.8.